The van der Waals surface area contributed by atoms with Crippen molar-refractivity contribution in [1.29, 1.82) is 0 Å². The Labute approximate surface area is 106 Å². The van der Waals surface area contributed by atoms with Crippen LogP contribution in [0.4, 0.5) is 0 Å². The average molecular weight is 248 g/mol. The molecule has 0 amide bonds. The summed E-state index contributed by atoms with van der Waals surface area (Å²) in [6, 6.07) is 0. The van der Waals surface area contributed by atoms with Gasteiger partial charge in [-0.3, -0.25) is 4.79 Å². The van der Waals surface area contributed by atoms with Crippen molar-refractivity contribution in [3.63, 3.8) is 0 Å². The van der Waals surface area contributed by atoms with Gasteiger partial charge in [0.25, 0.3) is 0 Å². The van der Waals surface area contributed by atoms with Gasteiger partial charge in [-0.2, -0.15) is 0 Å². The fourth-order valence-electron chi connectivity index (χ4n) is 0.700. The molecule has 0 spiro atoms. The number of ketones is 1. The number of rotatable bonds is 6. The Balaban J connectivity index is -0.000000202. The number of aliphatic hydroxyl groups is 1. The van der Waals surface area contributed by atoms with Gasteiger partial charge in [-0.1, -0.05) is 13.8 Å². The molecule has 0 aliphatic heterocycles. The number of carbonyl (C=O) groups excluding carboxylic acids is 1. The van der Waals surface area contributed by atoms with Crippen LogP contribution in [0.25, 0.3) is 0 Å². The summed E-state index contributed by atoms with van der Waals surface area (Å²) in [5.74, 6) is -0.120. The summed E-state index contributed by atoms with van der Waals surface area (Å²) < 4.78 is 10.1. The lowest BCUT2D eigenvalue weighted by Crippen LogP contribution is -2.11. The molecule has 17 heavy (non-hydrogen) atoms. The Hall–Kier alpha value is -0.710. The maximum absolute atomic E-state index is 10.3. The number of carbonyl (C=O) groups is 1. The quantitative estimate of drug-likeness (QED) is 0.579. The van der Waals surface area contributed by atoms with E-state index in [0.29, 0.717) is 0 Å². The average Bonchev–Trinajstić information content (AvgIpc) is 2.32. The molecule has 0 aromatic heterocycles. The van der Waals surface area contributed by atoms with Crippen LogP contribution in [0.3, 0.4) is 0 Å². The van der Waals surface area contributed by atoms with Crippen molar-refractivity contribution in [1.82, 2.24) is 0 Å². The molecule has 0 fully saturated rings. The van der Waals surface area contributed by atoms with Gasteiger partial charge in [0, 0.05) is 19.1 Å². The number of ether oxygens (including phenoxy) is 2. The summed E-state index contributed by atoms with van der Waals surface area (Å²) >= 11 is 0. The second kappa shape index (κ2) is 17.7. The van der Waals surface area contributed by atoms with Crippen molar-refractivity contribution in [3.8, 4) is 0 Å². The van der Waals surface area contributed by atoms with E-state index in [9.17, 15) is 4.79 Å². The highest BCUT2D eigenvalue weighted by atomic mass is 16.7. The summed E-state index contributed by atoms with van der Waals surface area (Å²) in [4.78, 5) is 10.3. The Morgan fingerprint density at radius 2 is 1.47 bits per heavy atom. The molecule has 4 nitrogen and oxygen atoms in total. The molecule has 1 N–H and O–H groups in total. The molecule has 0 aromatic carbocycles. The van der Waals surface area contributed by atoms with Gasteiger partial charge in [-0.05, 0) is 20.8 Å². The first-order valence-electron chi connectivity index (χ1n) is 5.86. The summed E-state index contributed by atoms with van der Waals surface area (Å²) in [6.45, 7) is 16.5. The van der Waals surface area contributed by atoms with E-state index in [-0.39, 0.29) is 24.6 Å². The van der Waals surface area contributed by atoms with Gasteiger partial charge in [0.1, 0.15) is 6.61 Å². The standard InChI is InChI=1S/C6H14O2.C5H10O2.C2H4/c1-4-7-6(3)8-5-2;1-4(2)5(7)3-6;1-2/h6H,4-5H2,1-3H3;4,6H,3H2,1-2H3;1-2H2. The molecule has 0 heterocycles. The van der Waals surface area contributed by atoms with Crippen LogP contribution < -0.4 is 0 Å². The van der Waals surface area contributed by atoms with E-state index in [1.165, 1.54) is 0 Å². The van der Waals surface area contributed by atoms with E-state index in [2.05, 4.69) is 13.2 Å². The van der Waals surface area contributed by atoms with E-state index in [4.69, 9.17) is 14.6 Å². The zero-order valence-corrected chi connectivity index (χ0v) is 11.9. The van der Waals surface area contributed by atoms with E-state index in [1.54, 1.807) is 13.8 Å². The maximum Gasteiger partial charge on any atom is 0.160 e. The minimum atomic E-state index is -0.322. The van der Waals surface area contributed by atoms with Gasteiger partial charge >= 0.3 is 0 Å². The fourth-order valence-corrected chi connectivity index (χ4v) is 0.700. The molecule has 0 saturated carbocycles. The van der Waals surface area contributed by atoms with Gasteiger partial charge in [-0.15, -0.1) is 13.2 Å². The van der Waals surface area contributed by atoms with Crippen LogP contribution >= 0.6 is 0 Å². The molecule has 4 heteroatoms. The molecule has 0 bridgehead atoms. The van der Waals surface area contributed by atoms with Crippen LogP contribution in [0, 0.1) is 5.92 Å². The summed E-state index contributed by atoms with van der Waals surface area (Å²) in [5, 5.41) is 8.16. The maximum atomic E-state index is 10.3. The van der Waals surface area contributed by atoms with Gasteiger partial charge in [0.15, 0.2) is 12.1 Å². The van der Waals surface area contributed by atoms with Gasteiger partial charge in [-0.25, -0.2) is 0 Å². The number of aliphatic hydroxyl groups excluding tert-OH is 1. The van der Waals surface area contributed by atoms with Crippen molar-refractivity contribution in [2.24, 2.45) is 5.92 Å². The second-order valence-electron chi connectivity index (χ2n) is 3.26. The molecule has 0 aliphatic rings. The second-order valence-corrected chi connectivity index (χ2v) is 3.26. The molecule has 0 aromatic rings. The fraction of sp³-hybridized carbons (Fsp3) is 0.769. The van der Waals surface area contributed by atoms with Crippen molar-refractivity contribution in [2.75, 3.05) is 19.8 Å². The third-order valence-electron chi connectivity index (χ3n) is 1.60. The topological polar surface area (TPSA) is 55.8 Å². The summed E-state index contributed by atoms with van der Waals surface area (Å²) in [6.07, 6.45) is -0.0370. The highest BCUT2D eigenvalue weighted by Gasteiger charge is 2.02. The van der Waals surface area contributed by atoms with Crippen LogP contribution in [0.2, 0.25) is 0 Å². The van der Waals surface area contributed by atoms with Crippen LogP contribution in [-0.4, -0.2) is 37.0 Å². The first kappa shape index (κ1) is 21.6. The first-order valence-corrected chi connectivity index (χ1v) is 5.86. The molecule has 0 rings (SSSR count). The molecular weight excluding hydrogens is 220 g/mol. The Morgan fingerprint density at radius 3 is 1.59 bits per heavy atom. The minimum Gasteiger partial charge on any atom is -0.389 e. The SMILES string of the molecule is C=C.CC(C)C(=O)CO.CCOC(C)OCC. The molecule has 0 atom stereocenters. The zero-order chi connectivity index (χ0) is 14.3. The molecule has 0 unspecified atom stereocenters. The van der Waals surface area contributed by atoms with Crippen molar-refractivity contribution < 1.29 is 19.4 Å². The number of hydrogen-bond donors (Lipinski definition) is 1. The van der Waals surface area contributed by atoms with E-state index >= 15 is 0 Å². The first-order chi connectivity index (χ1) is 7.99. The summed E-state index contributed by atoms with van der Waals surface area (Å²) in [7, 11) is 0. The van der Waals surface area contributed by atoms with E-state index in [0.717, 1.165) is 13.2 Å². The molecule has 0 aliphatic carbocycles. The molecule has 0 saturated heterocycles. The monoisotopic (exact) mass is 248 g/mol. The smallest absolute Gasteiger partial charge is 0.160 e. The van der Waals surface area contributed by atoms with Crippen LogP contribution in [0.15, 0.2) is 13.2 Å². The van der Waals surface area contributed by atoms with E-state index in [1.807, 2.05) is 20.8 Å². The third-order valence-corrected chi connectivity index (χ3v) is 1.60. The number of Topliss-reactive ketones (excluding diaryl/α,β-unsaturated/α-hetero) is 1. The van der Waals surface area contributed by atoms with Crippen LogP contribution in [0.5, 0.6) is 0 Å². The Morgan fingerprint density at radius 1 is 1.12 bits per heavy atom. The lowest BCUT2D eigenvalue weighted by Gasteiger charge is -2.09. The lowest BCUT2D eigenvalue weighted by atomic mass is 10.1. The summed E-state index contributed by atoms with van der Waals surface area (Å²) in [5.41, 5.74) is 0. The minimum absolute atomic E-state index is 0.0231. The third kappa shape index (κ3) is 21.2. The largest absolute Gasteiger partial charge is 0.389 e. The van der Waals surface area contributed by atoms with Crippen molar-refractivity contribution in [3.05, 3.63) is 13.2 Å². The highest BCUT2D eigenvalue weighted by Crippen LogP contribution is 1.91. The Kier molecular flexibility index (Phi) is 22.4. The van der Waals surface area contributed by atoms with Gasteiger partial charge in [0.2, 0.25) is 0 Å². The van der Waals surface area contributed by atoms with Crippen molar-refractivity contribution >= 4 is 5.78 Å². The molecule has 104 valence electrons. The predicted octanol–water partition coefficient (Wildman–Crippen LogP) is 2.41. The van der Waals surface area contributed by atoms with Gasteiger partial charge in [0.05, 0.1) is 0 Å². The van der Waals surface area contributed by atoms with Crippen LogP contribution in [0.1, 0.15) is 34.6 Å². The Bertz CT molecular complexity index is 151. The number of hydrogen-bond acceptors (Lipinski definition) is 4. The predicted molar refractivity (Wildman–Crippen MR) is 70.9 cm³/mol. The van der Waals surface area contributed by atoms with Crippen molar-refractivity contribution in [2.45, 2.75) is 40.9 Å². The zero-order valence-electron chi connectivity index (χ0n) is 11.9. The highest BCUT2D eigenvalue weighted by molar-refractivity contribution is 5.81. The van der Waals surface area contributed by atoms with E-state index < -0.39 is 0 Å². The molecular formula is C13H28O4. The van der Waals surface area contributed by atoms with Gasteiger partial charge < -0.3 is 14.6 Å². The van der Waals surface area contributed by atoms with Crippen LogP contribution in [-0.2, 0) is 14.3 Å². The lowest BCUT2D eigenvalue weighted by molar-refractivity contribution is -0.124. The normalized spacial score (nSPS) is 9.18. The molecule has 0 radical (unpaired) electrons.